The number of alkyl halides is 1. The fourth-order valence-electron chi connectivity index (χ4n) is 2.67. The first-order valence-electron chi connectivity index (χ1n) is 6.84. The van der Waals surface area contributed by atoms with Crippen LogP contribution >= 0.6 is 31.9 Å². The van der Waals surface area contributed by atoms with Gasteiger partial charge in [0.05, 0.1) is 5.69 Å². The van der Waals surface area contributed by atoms with Crippen molar-refractivity contribution < 1.29 is 0 Å². The van der Waals surface area contributed by atoms with Gasteiger partial charge in [-0.3, -0.25) is 0 Å². The van der Waals surface area contributed by atoms with Crippen molar-refractivity contribution in [1.29, 1.82) is 0 Å². The minimum Gasteiger partial charge on any atom is -0.373 e. The summed E-state index contributed by atoms with van der Waals surface area (Å²) in [5, 5.41) is 0.907. The van der Waals surface area contributed by atoms with Crippen LogP contribution in [-0.2, 0) is 5.33 Å². The third kappa shape index (κ3) is 4.20. The molecule has 2 rings (SSSR count). The van der Waals surface area contributed by atoms with E-state index in [1.165, 1.54) is 41.7 Å². The van der Waals surface area contributed by atoms with Crippen LogP contribution in [0.1, 0.15) is 18.4 Å². The molecular weight excluding hydrogens is 368 g/mol. The summed E-state index contributed by atoms with van der Waals surface area (Å²) >= 11 is 7.19. The molecule has 0 aliphatic carbocycles. The van der Waals surface area contributed by atoms with Crippen LogP contribution < -0.4 is 4.90 Å². The summed E-state index contributed by atoms with van der Waals surface area (Å²) in [4.78, 5) is 4.81. The van der Waals surface area contributed by atoms with Crippen LogP contribution in [0.5, 0.6) is 0 Å². The Hall–Kier alpha value is -0.0600. The minimum atomic E-state index is 0.823. The van der Waals surface area contributed by atoms with E-state index in [1.54, 1.807) is 0 Å². The zero-order valence-electron chi connectivity index (χ0n) is 11.7. The van der Waals surface area contributed by atoms with E-state index in [9.17, 15) is 0 Å². The van der Waals surface area contributed by atoms with E-state index in [1.807, 2.05) is 0 Å². The molecule has 4 heteroatoms. The van der Waals surface area contributed by atoms with Crippen LogP contribution in [0.3, 0.4) is 0 Å². The molecule has 0 amide bonds. The highest BCUT2D eigenvalue weighted by atomic mass is 79.9. The Morgan fingerprint density at radius 3 is 2.58 bits per heavy atom. The van der Waals surface area contributed by atoms with Gasteiger partial charge >= 0.3 is 0 Å². The van der Waals surface area contributed by atoms with Crippen molar-refractivity contribution >= 4 is 37.5 Å². The van der Waals surface area contributed by atoms with Gasteiger partial charge in [-0.25, -0.2) is 0 Å². The standard InChI is InChI=1S/C15H22Br2N2/c1-18-7-5-12(6-8-18)11-19(2)15-4-3-13(10-16)9-14(15)17/h3-4,9,12H,5-8,10-11H2,1-2H3. The van der Waals surface area contributed by atoms with Gasteiger partial charge in [0.2, 0.25) is 0 Å². The topological polar surface area (TPSA) is 6.48 Å². The van der Waals surface area contributed by atoms with Gasteiger partial charge < -0.3 is 9.80 Å². The number of anilines is 1. The van der Waals surface area contributed by atoms with E-state index < -0.39 is 0 Å². The number of hydrogen-bond acceptors (Lipinski definition) is 2. The van der Waals surface area contributed by atoms with Gasteiger partial charge in [-0.2, -0.15) is 0 Å². The Balaban J connectivity index is 1.97. The molecule has 0 unspecified atom stereocenters. The number of benzene rings is 1. The first-order valence-corrected chi connectivity index (χ1v) is 8.75. The van der Waals surface area contributed by atoms with Gasteiger partial charge in [0.25, 0.3) is 0 Å². The van der Waals surface area contributed by atoms with Gasteiger partial charge in [-0.15, -0.1) is 0 Å². The normalized spacial score (nSPS) is 17.7. The average Bonchev–Trinajstić information content (AvgIpc) is 2.41. The summed E-state index contributed by atoms with van der Waals surface area (Å²) in [6, 6.07) is 6.62. The van der Waals surface area contributed by atoms with Crippen molar-refractivity contribution in [3.05, 3.63) is 28.2 Å². The summed E-state index contributed by atoms with van der Waals surface area (Å²) in [6.45, 7) is 3.63. The summed E-state index contributed by atoms with van der Waals surface area (Å²) in [6.07, 6.45) is 2.63. The third-order valence-electron chi connectivity index (χ3n) is 3.95. The van der Waals surface area contributed by atoms with Crippen molar-refractivity contribution in [1.82, 2.24) is 4.90 Å². The van der Waals surface area contributed by atoms with E-state index >= 15 is 0 Å². The lowest BCUT2D eigenvalue weighted by atomic mass is 9.96. The van der Waals surface area contributed by atoms with Crippen LogP contribution in [-0.4, -0.2) is 38.6 Å². The van der Waals surface area contributed by atoms with E-state index in [4.69, 9.17) is 0 Å². The molecule has 1 aliphatic rings. The van der Waals surface area contributed by atoms with Crippen molar-refractivity contribution in [2.45, 2.75) is 18.2 Å². The molecule has 0 N–H and O–H groups in total. The van der Waals surface area contributed by atoms with Gasteiger partial charge in [0.1, 0.15) is 0 Å². The molecular formula is C15H22Br2N2. The van der Waals surface area contributed by atoms with E-state index in [0.717, 1.165) is 17.8 Å². The quantitative estimate of drug-likeness (QED) is 0.714. The molecule has 1 aliphatic heterocycles. The molecule has 1 aromatic rings. The van der Waals surface area contributed by atoms with Crippen molar-refractivity contribution in [3.63, 3.8) is 0 Å². The molecule has 0 atom stereocenters. The molecule has 19 heavy (non-hydrogen) atoms. The minimum absolute atomic E-state index is 0.823. The lowest BCUT2D eigenvalue weighted by molar-refractivity contribution is 0.222. The van der Waals surface area contributed by atoms with Crippen molar-refractivity contribution in [2.75, 3.05) is 38.6 Å². The number of likely N-dealkylation sites (tertiary alicyclic amines) is 1. The Morgan fingerprint density at radius 2 is 2.00 bits per heavy atom. The predicted octanol–water partition coefficient (Wildman–Crippen LogP) is 4.12. The molecule has 0 spiro atoms. The molecule has 1 fully saturated rings. The highest BCUT2D eigenvalue weighted by molar-refractivity contribution is 9.10. The highest BCUT2D eigenvalue weighted by Gasteiger charge is 2.19. The molecule has 2 nitrogen and oxygen atoms in total. The number of hydrogen-bond donors (Lipinski definition) is 0. The first kappa shape index (κ1) is 15.3. The average molecular weight is 390 g/mol. The Kier molecular flexibility index (Phi) is 5.72. The molecule has 0 aromatic heterocycles. The largest absolute Gasteiger partial charge is 0.373 e. The number of halogens is 2. The molecule has 106 valence electrons. The monoisotopic (exact) mass is 388 g/mol. The van der Waals surface area contributed by atoms with Gasteiger partial charge in [-0.05, 0) is 72.5 Å². The molecule has 0 bridgehead atoms. The molecule has 1 aromatic carbocycles. The van der Waals surface area contributed by atoms with Crippen LogP contribution in [0.4, 0.5) is 5.69 Å². The number of piperidine rings is 1. The van der Waals surface area contributed by atoms with Gasteiger partial charge in [0.15, 0.2) is 0 Å². The predicted molar refractivity (Wildman–Crippen MR) is 90.3 cm³/mol. The summed E-state index contributed by atoms with van der Waals surface area (Å²) in [5.41, 5.74) is 2.60. The molecule has 1 heterocycles. The Labute approximate surface area is 133 Å². The van der Waals surface area contributed by atoms with E-state index in [0.29, 0.717) is 0 Å². The summed E-state index contributed by atoms with van der Waals surface area (Å²) in [5.74, 6) is 0.823. The fourth-order valence-corrected chi connectivity index (χ4v) is 3.75. The van der Waals surface area contributed by atoms with Crippen LogP contribution in [0, 0.1) is 5.92 Å². The maximum absolute atomic E-state index is 3.69. The van der Waals surface area contributed by atoms with Crippen LogP contribution in [0.15, 0.2) is 22.7 Å². The molecule has 1 saturated heterocycles. The lowest BCUT2D eigenvalue weighted by Gasteiger charge is -2.32. The second-order valence-electron chi connectivity index (χ2n) is 5.55. The zero-order chi connectivity index (χ0) is 13.8. The fraction of sp³-hybridized carbons (Fsp3) is 0.600. The maximum Gasteiger partial charge on any atom is 0.0508 e. The number of nitrogens with zero attached hydrogens (tertiary/aromatic N) is 2. The first-order chi connectivity index (χ1) is 9.10. The van der Waals surface area contributed by atoms with Crippen molar-refractivity contribution in [2.24, 2.45) is 5.92 Å². The second kappa shape index (κ2) is 7.09. The van der Waals surface area contributed by atoms with E-state index in [2.05, 4.69) is 74.0 Å². The smallest absolute Gasteiger partial charge is 0.0508 e. The maximum atomic E-state index is 3.69. The van der Waals surface area contributed by atoms with Gasteiger partial charge in [-0.1, -0.05) is 22.0 Å². The van der Waals surface area contributed by atoms with Crippen LogP contribution in [0.25, 0.3) is 0 Å². The Bertz CT molecular complexity index is 415. The summed E-state index contributed by atoms with van der Waals surface area (Å²) < 4.78 is 1.19. The number of rotatable bonds is 4. The van der Waals surface area contributed by atoms with Crippen molar-refractivity contribution in [3.8, 4) is 0 Å². The SMILES string of the molecule is CN1CCC(CN(C)c2ccc(CBr)cc2Br)CC1. The van der Waals surface area contributed by atoms with Gasteiger partial charge in [0, 0.05) is 23.4 Å². The highest BCUT2D eigenvalue weighted by Crippen LogP contribution is 2.29. The summed E-state index contributed by atoms with van der Waals surface area (Å²) in [7, 11) is 4.42. The lowest BCUT2D eigenvalue weighted by Crippen LogP contribution is -2.35. The second-order valence-corrected chi connectivity index (χ2v) is 6.96. The van der Waals surface area contributed by atoms with Crippen LogP contribution in [0.2, 0.25) is 0 Å². The molecule has 0 radical (unpaired) electrons. The zero-order valence-corrected chi connectivity index (χ0v) is 14.9. The van der Waals surface area contributed by atoms with E-state index in [-0.39, 0.29) is 0 Å². The third-order valence-corrected chi connectivity index (χ3v) is 5.23. The Morgan fingerprint density at radius 1 is 1.32 bits per heavy atom. The molecule has 0 saturated carbocycles.